The molecule has 1 amide bonds. The molecule has 1 fully saturated rings. The van der Waals surface area contributed by atoms with Crippen LogP contribution < -0.4 is 5.32 Å². The van der Waals surface area contributed by atoms with E-state index < -0.39 is 42.5 Å². The maximum atomic E-state index is 12.8. The highest BCUT2D eigenvalue weighted by atomic mass is 16.6. The van der Waals surface area contributed by atoms with Gasteiger partial charge in [0.05, 0.1) is 40.1 Å². The molecule has 0 spiro atoms. The zero-order chi connectivity index (χ0) is 32.0. The van der Waals surface area contributed by atoms with Crippen molar-refractivity contribution >= 4 is 11.9 Å². The summed E-state index contributed by atoms with van der Waals surface area (Å²) in [6.45, 7) is 1.19. The quantitative estimate of drug-likeness (QED) is 0.155. The van der Waals surface area contributed by atoms with Gasteiger partial charge in [-0.05, 0) is 22.3 Å². The second-order valence-electron chi connectivity index (χ2n) is 10.8. The van der Waals surface area contributed by atoms with Crippen molar-refractivity contribution in [2.75, 3.05) is 13.7 Å². The van der Waals surface area contributed by atoms with Gasteiger partial charge in [0.25, 0.3) is 0 Å². The molecule has 9 heteroatoms. The zero-order valence-corrected chi connectivity index (χ0v) is 25.7. The maximum Gasteiger partial charge on any atom is 0.396 e. The van der Waals surface area contributed by atoms with Crippen LogP contribution in [0.25, 0.3) is 0 Å². The molecule has 5 rings (SSSR count). The molecule has 0 bridgehead atoms. The van der Waals surface area contributed by atoms with Gasteiger partial charge in [0, 0.05) is 0 Å². The van der Waals surface area contributed by atoms with Gasteiger partial charge < -0.3 is 33.7 Å². The fourth-order valence-electron chi connectivity index (χ4n) is 5.19. The number of nitrogens with one attached hydrogen (secondary N) is 1. The van der Waals surface area contributed by atoms with Gasteiger partial charge in [-0.15, -0.1) is 0 Å². The van der Waals surface area contributed by atoms with Gasteiger partial charge in [-0.3, -0.25) is 4.79 Å². The number of amides is 1. The summed E-state index contributed by atoms with van der Waals surface area (Å²) in [5, 5.41) is 2.66. The lowest BCUT2D eigenvalue weighted by molar-refractivity contribution is -0.277. The molecule has 0 aromatic heterocycles. The Bertz CT molecular complexity index is 1470. The third-order valence-corrected chi connectivity index (χ3v) is 7.53. The standard InChI is InChI=1S/C37H39NO8/c1-41-37(40)35(39)38-36-34(45-25-30-20-12-5-13-21-30)33(44-24-29-18-10-4-11-19-29)32(43-23-28-16-8-3-9-17-28)31(46-36)26-42-22-27-14-6-2-7-15-27/h2-21,31-34,36H,22-26H2,1H3,(H,38,39)/t31-,32-,33+,34-,36-/m1/s1. The van der Waals surface area contributed by atoms with Crippen LogP contribution in [0.3, 0.4) is 0 Å². The minimum absolute atomic E-state index is 0.121. The number of ether oxygens (including phenoxy) is 6. The van der Waals surface area contributed by atoms with Crippen LogP contribution in [0.5, 0.6) is 0 Å². The zero-order valence-electron chi connectivity index (χ0n) is 25.7. The Balaban J connectivity index is 1.46. The SMILES string of the molecule is COC(=O)C(=O)N[C@@H]1O[C@H](COCc2ccccc2)[C@@H](OCc2ccccc2)[C@H](OCc2ccccc2)[C@H]1OCc1ccccc1. The molecule has 1 N–H and O–H groups in total. The molecule has 1 aliphatic rings. The van der Waals surface area contributed by atoms with Crippen molar-refractivity contribution in [2.24, 2.45) is 0 Å². The Labute approximate surface area is 269 Å². The molecule has 0 aliphatic carbocycles. The summed E-state index contributed by atoms with van der Waals surface area (Å²) in [7, 11) is 1.15. The molecule has 0 saturated carbocycles. The van der Waals surface area contributed by atoms with Crippen LogP contribution >= 0.6 is 0 Å². The molecule has 9 nitrogen and oxygen atoms in total. The summed E-state index contributed by atoms with van der Waals surface area (Å²) in [4.78, 5) is 25.0. The number of rotatable bonds is 14. The Morgan fingerprint density at radius 2 is 1.00 bits per heavy atom. The highest BCUT2D eigenvalue weighted by molar-refractivity contribution is 6.32. The third kappa shape index (κ3) is 9.56. The molecule has 240 valence electrons. The second-order valence-corrected chi connectivity index (χ2v) is 10.8. The van der Waals surface area contributed by atoms with Gasteiger partial charge in [-0.2, -0.15) is 0 Å². The van der Waals surface area contributed by atoms with Gasteiger partial charge in [0.1, 0.15) is 24.4 Å². The largest absolute Gasteiger partial charge is 0.462 e. The Morgan fingerprint density at radius 3 is 1.46 bits per heavy atom. The van der Waals surface area contributed by atoms with E-state index in [1.807, 2.05) is 121 Å². The van der Waals surface area contributed by atoms with E-state index >= 15 is 0 Å². The molecule has 1 aliphatic heterocycles. The summed E-state index contributed by atoms with van der Waals surface area (Å²) < 4.78 is 36.9. The van der Waals surface area contributed by atoms with Crippen molar-refractivity contribution in [2.45, 2.75) is 57.1 Å². The Kier molecular flexibility index (Phi) is 12.4. The minimum Gasteiger partial charge on any atom is -0.462 e. The highest BCUT2D eigenvalue weighted by Crippen LogP contribution is 2.30. The van der Waals surface area contributed by atoms with E-state index in [4.69, 9.17) is 23.7 Å². The number of carbonyl (C=O) groups is 2. The number of hydrogen-bond donors (Lipinski definition) is 1. The lowest BCUT2D eigenvalue weighted by Gasteiger charge is -2.46. The van der Waals surface area contributed by atoms with Crippen LogP contribution in [-0.2, 0) is 64.4 Å². The van der Waals surface area contributed by atoms with Gasteiger partial charge in [-0.25, -0.2) is 4.79 Å². The van der Waals surface area contributed by atoms with Gasteiger partial charge in [-0.1, -0.05) is 121 Å². The van der Waals surface area contributed by atoms with E-state index in [-0.39, 0.29) is 26.4 Å². The van der Waals surface area contributed by atoms with Crippen molar-refractivity contribution in [3.63, 3.8) is 0 Å². The molecule has 46 heavy (non-hydrogen) atoms. The first-order chi connectivity index (χ1) is 22.6. The van der Waals surface area contributed by atoms with E-state index in [9.17, 15) is 9.59 Å². The predicted octanol–water partition coefficient (Wildman–Crippen LogP) is 4.97. The van der Waals surface area contributed by atoms with Gasteiger partial charge in [0.2, 0.25) is 0 Å². The summed E-state index contributed by atoms with van der Waals surface area (Å²) in [6, 6.07) is 39.0. The van der Waals surface area contributed by atoms with E-state index in [0.29, 0.717) is 6.61 Å². The fraction of sp³-hybridized carbons (Fsp3) is 0.297. The van der Waals surface area contributed by atoms with Crippen molar-refractivity contribution in [1.29, 1.82) is 0 Å². The number of carbonyl (C=O) groups excluding carboxylic acids is 2. The van der Waals surface area contributed by atoms with E-state index in [1.165, 1.54) is 0 Å². The first kappa shape index (κ1) is 33.0. The second kappa shape index (κ2) is 17.4. The van der Waals surface area contributed by atoms with Crippen LogP contribution in [0.15, 0.2) is 121 Å². The minimum atomic E-state index is -1.09. The normalized spacial score (nSPS) is 20.9. The van der Waals surface area contributed by atoms with Crippen molar-refractivity contribution in [3.05, 3.63) is 144 Å². The lowest BCUT2D eigenvalue weighted by atomic mass is 9.96. The first-order valence-electron chi connectivity index (χ1n) is 15.2. The van der Waals surface area contributed by atoms with E-state index in [2.05, 4.69) is 10.1 Å². The average molecular weight is 626 g/mol. The summed E-state index contributed by atoms with van der Waals surface area (Å²) >= 11 is 0. The molecule has 1 saturated heterocycles. The van der Waals surface area contributed by atoms with E-state index in [1.54, 1.807) is 0 Å². The van der Waals surface area contributed by atoms with Crippen molar-refractivity contribution in [1.82, 2.24) is 5.32 Å². The Morgan fingerprint density at radius 1 is 0.587 bits per heavy atom. The predicted molar refractivity (Wildman–Crippen MR) is 170 cm³/mol. The Hall–Kier alpha value is -4.38. The lowest BCUT2D eigenvalue weighted by Crippen LogP contribution is -2.65. The van der Waals surface area contributed by atoms with Crippen LogP contribution in [0.2, 0.25) is 0 Å². The molecule has 4 aromatic rings. The summed E-state index contributed by atoms with van der Waals surface area (Å²) in [6.07, 6.45) is -4.07. The first-order valence-corrected chi connectivity index (χ1v) is 15.2. The fourth-order valence-corrected chi connectivity index (χ4v) is 5.19. The van der Waals surface area contributed by atoms with Crippen molar-refractivity contribution < 1.29 is 38.0 Å². The topological polar surface area (TPSA) is 102 Å². The number of esters is 1. The molecule has 1 heterocycles. The monoisotopic (exact) mass is 625 g/mol. The number of hydrogen-bond acceptors (Lipinski definition) is 8. The molecular formula is C37H39NO8. The molecule has 5 atom stereocenters. The number of methoxy groups -OCH3 is 1. The molecule has 4 aromatic carbocycles. The average Bonchev–Trinajstić information content (AvgIpc) is 3.11. The molecule has 0 radical (unpaired) electrons. The van der Waals surface area contributed by atoms with E-state index in [0.717, 1.165) is 29.4 Å². The maximum absolute atomic E-state index is 12.8. The smallest absolute Gasteiger partial charge is 0.396 e. The molecular weight excluding hydrogens is 586 g/mol. The van der Waals surface area contributed by atoms with Crippen LogP contribution in [0.4, 0.5) is 0 Å². The van der Waals surface area contributed by atoms with Gasteiger partial charge >= 0.3 is 11.9 Å². The highest BCUT2D eigenvalue weighted by Gasteiger charge is 2.49. The summed E-state index contributed by atoms with van der Waals surface area (Å²) in [5.74, 6) is -2.01. The van der Waals surface area contributed by atoms with Gasteiger partial charge in [0.15, 0.2) is 6.23 Å². The molecule has 0 unspecified atom stereocenters. The summed E-state index contributed by atoms with van der Waals surface area (Å²) in [5.41, 5.74) is 3.83. The van der Waals surface area contributed by atoms with Crippen molar-refractivity contribution in [3.8, 4) is 0 Å². The third-order valence-electron chi connectivity index (χ3n) is 7.53. The number of benzene rings is 4. The van der Waals surface area contributed by atoms with Crippen LogP contribution in [-0.4, -0.2) is 56.2 Å². The van der Waals surface area contributed by atoms with Crippen LogP contribution in [0.1, 0.15) is 22.3 Å². The van der Waals surface area contributed by atoms with Crippen LogP contribution in [0, 0.1) is 0 Å².